The maximum Gasteiger partial charge on any atom is 0.175 e. The molecule has 0 aromatic heterocycles. The molecule has 0 radical (unpaired) electrons. The molecule has 0 aliphatic carbocycles. The molecule has 0 aliphatic heterocycles. The summed E-state index contributed by atoms with van der Waals surface area (Å²) in [7, 11) is 0. The van der Waals surface area contributed by atoms with E-state index in [0.717, 1.165) is 6.07 Å². The highest BCUT2D eigenvalue weighted by molar-refractivity contribution is 5.61. The average molecular weight is 214 g/mol. The Kier molecular flexibility index (Phi) is 3.53. The minimum atomic E-state index is -0.471. The molecule has 1 aromatic carbocycles. The second-order valence-electron chi connectivity index (χ2n) is 3.14. The maximum atomic E-state index is 9.49. The summed E-state index contributed by atoms with van der Waals surface area (Å²) >= 11 is 0. The lowest BCUT2D eigenvalue weighted by atomic mass is 9.97. The summed E-state index contributed by atoms with van der Waals surface area (Å²) < 4.78 is 0. The van der Waals surface area contributed by atoms with E-state index in [2.05, 4.69) is 0 Å². The number of phenolic OH excluding ortho intramolecular Hbond substituents is 2. The SMILES string of the molecule is C/C=C\Cc1c(C#N)cc(O)c(O)c1C#N. The van der Waals surface area contributed by atoms with Gasteiger partial charge in [0.05, 0.1) is 11.6 Å². The predicted molar refractivity (Wildman–Crippen MR) is 57.7 cm³/mol. The van der Waals surface area contributed by atoms with Crippen molar-refractivity contribution in [3.63, 3.8) is 0 Å². The van der Waals surface area contributed by atoms with Gasteiger partial charge in [0.1, 0.15) is 11.6 Å². The maximum absolute atomic E-state index is 9.49. The van der Waals surface area contributed by atoms with Gasteiger partial charge in [-0.05, 0) is 18.9 Å². The van der Waals surface area contributed by atoms with Crippen molar-refractivity contribution in [1.82, 2.24) is 0 Å². The van der Waals surface area contributed by atoms with Crippen molar-refractivity contribution in [2.45, 2.75) is 13.3 Å². The Morgan fingerprint density at radius 2 is 2.00 bits per heavy atom. The Bertz CT molecular complexity index is 519. The highest BCUT2D eigenvalue weighted by Crippen LogP contribution is 2.33. The lowest BCUT2D eigenvalue weighted by molar-refractivity contribution is 0.402. The second kappa shape index (κ2) is 4.86. The quantitative estimate of drug-likeness (QED) is 0.581. The molecule has 4 heteroatoms. The van der Waals surface area contributed by atoms with Gasteiger partial charge in [0.15, 0.2) is 11.5 Å². The number of phenols is 2. The minimum Gasteiger partial charge on any atom is -0.504 e. The molecule has 0 saturated carbocycles. The molecule has 0 bridgehead atoms. The summed E-state index contributed by atoms with van der Waals surface area (Å²) in [5, 5.41) is 36.6. The van der Waals surface area contributed by atoms with E-state index in [1.165, 1.54) is 0 Å². The van der Waals surface area contributed by atoms with Crippen molar-refractivity contribution in [1.29, 1.82) is 10.5 Å². The highest BCUT2D eigenvalue weighted by Gasteiger charge is 2.16. The first-order valence-corrected chi connectivity index (χ1v) is 4.64. The molecule has 0 heterocycles. The highest BCUT2D eigenvalue weighted by atomic mass is 16.3. The van der Waals surface area contributed by atoms with Crippen molar-refractivity contribution in [2.75, 3.05) is 0 Å². The van der Waals surface area contributed by atoms with Gasteiger partial charge < -0.3 is 10.2 Å². The Morgan fingerprint density at radius 1 is 1.31 bits per heavy atom. The van der Waals surface area contributed by atoms with Gasteiger partial charge in [-0.15, -0.1) is 0 Å². The third-order valence-corrected chi connectivity index (χ3v) is 2.18. The van der Waals surface area contributed by atoms with Crippen molar-refractivity contribution < 1.29 is 10.2 Å². The van der Waals surface area contributed by atoms with Crippen LogP contribution in [0.4, 0.5) is 0 Å². The molecule has 2 N–H and O–H groups in total. The Balaban J connectivity index is 3.49. The van der Waals surface area contributed by atoms with Crippen molar-refractivity contribution in [3.8, 4) is 23.6 Å². The number of rotatable bonds is 2. The van der Waals surface area contributed by atoms with Crippen LogP contribution >= 0.6 is 0 Å². The number of benzene rings is 1. The molecule has 1 rings (SSSR count). The van der Waals surface area contributed by atoms with Crippen LogP contribution in [0.1, 0.15) is 23.6 Å². The minimum absolute atomic E-state index is 0.0466. The van der Waals surface area contributed by atoms with Gasteiger partial charge in [-0.2, -0.15) is 10.5 Å². The first-order chi connectivity index (χ1) is 7.65. The molecule has 80 valence electrons. The van der Waals surface area contributed by atoms with Crippen LogP contribution in [0.25, 0.3) is 0 Å². The fourth-order valence-electron chi connectivity index (χ4n) is 1.37. The van der Waals surface area contributed by atoms with Gasteiger partial charge in [-0.25, -0.2) is 0 Å². The molecule has 4 nitrogen and oxygen atoms in total. The summed E-state index contributed by atoms with van der Waals surface area (Å²) in [6.45, 7) is 1.82. The van der Waals surface area contributed by atoms with E-state index in [-0.39, 0.29) is 11.1 Å². The number of allylic oxidation sites excluding steroid dienone is 2. The summed E-state index contributed by atoms with van der Waals surface area (Å²) in [6.07, 6.45) is 3.93. The van der Waals surface area contributed by atoms with E-state index < -0.39 is 11.5 Å². The monoisotopic (exact) mass is 214 g/mol. The normalized spacial score (nSPS) is 9.94. The Morgan fingerprint density at radius 3 is 2.50 bits per heavy atom. The molecule has 0 aliphatic rings. The van der Waals surface area contributed by atoms with Crippen LogP contribution in [0.2, 0.25) is 0 Å². The van der Waals surface area contributed by atoms with Gasteiger partial charge >= 0.3 is 0 Å². The molecular weight excluding hydrogens is 204 g/mol. The van der Waals surface area contributed by atoms with Gasteiger partial charge in [0, 0.05) is 6.07 Å². The fraction of sp³-hybridized carbons (Fsp3) is 0.167. The van der Waals surface area contributed by atoms with Crippen LogP contribution in [-0.2, 0) is 6.42 Å². The smallest absolute Gasteiger partial charge is 0.175 e. The molecule has 0 spiro atoms. The Labute approximate surface area is 93.3 Å². The van der Waals surface area contributed by atoms with Crippen molar-refractivity contribution in [3.05, 3.63) is 34.9 Å². The first-order valence-electron chi connectivity index (χ1n) is 4.64. The van der Waals surface area contributed by atoms with Crippen LogP contribution < -0.4 is 0 Å². The zero-order chi connectivity index (χ0) is 12.1. The van der Waals surface area contributed by atoms with E-state index in [1.807, 2.05) is 13.0 Å². The van der Waals surface area contributed by atoms with Crippen LogP contribution in [0.5, 0.6) is 11.5 Å². The second-order valence-corrected chi connectivity index (χ2v) is 3.14. The molecule has 0 unspecified atom stereocenters. The summed E-state index contributed by atoms with van der Waals surface area (Å²) in [5.74, 6) is -0.918. The molecule has 1 aromatic rings. The topological polar surface area (TPSA) is 88.0 Å². The van der Waals surface area contributed by atoms with Gasteiger partial charge in [0.2, 0.25) is 0 Å². The lowest BCUT2D eigenvalue weighted by Gasteiger charge is -2.07. The summed E-state index contributed by atoms with van der Waals surface area (Å²) in [5.41, 5.74) is 0.581. The summed E-state index contributed by atoms with van der Waals surface area (Å²) in [4.78, 5) is 0. The molecular formula is C12H10N2O2. The number of aromatic hydroxyl groups is 2. The van der Waals surface area contributed by atoms with E-state index in [4.69, 9.17) is 10.5 Å². The van der Waals surface area contributed by atoms with Crippen LogP contribution in [0, 0.1) is 22.7 Å². The van der Waals surface area contributed by atoms with Crippen LogP contribution in [0.15, 0.2) is 18.2 Å². The molecule has 0 amide bonds. The number of hydrogen-bond acceptors (Lipinski definition) is 4. The predicted octanol–water partition coefficient (Wildman–Crippen LogP) is 1.96. The third kappa shape index (κ3) is 1.97. The average Bonchev–Trinajstić information content (AvgIpc) is 2.30. The summed E-state index contributed by atoms with van der Waals surface area (Å²) in [6, 6.07) is 4.85. The molecule has 0 fully saturated rings. The van der Waals surface area contributed by atoms with Crippen molar-refractivity contribution >= 4 is 0 Å². The number of nitriles is 2. The van der Waals surface area contributed by atoms with E-state index in [0.29, 0.717) is 12.0 Å². The van der Waals surface area contributed by atoms with Gasteiger partial charge in [0.25, 0.3) is 0 Å². The van der Waals surface area contributed by atoms with Gasteiger partial charge in [-0.1, -0.05) is 12.2 Å². The molecule has 0 saturated heterocycles. The van der Waals surface area contributed by atoms with Crippen LogP contribution in [0.3, 0.4) is 0 Å². The zero-order valence-corrected chi connectivity index (χ0v) is 8.73. The molecule has 16 heavy (non-hydrogen) atoms. The van der Waals surface area contributed by atoms with Gasteiger partial charge in [-0.3, -0.25) is 0 Å². The largest absolute Gasteiger partial charge is 0.504 e. The van der Waals surface area contributed by atoms with E-state index in [1.54, 1.807) is 18.2 Å². The Hall–Kier alpha value is -2.46. The number of nitrogens with zero attached hydrogens (tertiary/aromatic N) is 2. The first kappa shape index (κ1) is 11.6. The molecule has 0 atom stereocenters. The standard InChI is InChI=1S/C12H10N2O2/c1-2-3-4-9-8(6-13)5-11(15)12(16)10(9)7-14/h2-3,5,15-16H,4H2,1H3/b3-2-. The number of hydrogen-bond donors (Lipinski definition) is 2. The van der Waals surface area contributed by atoms with Crippen LogP contribution in [-0.4, -0.2) is 10.2 Å². The zero-order valence-electron chi connectivity index (χ0n) is 8.73. The van der Waals surface area contributed by atoms with E-state index in [9.17, 15) is 10.2 Å². The lowest BCUT2D eigenvalue weighted by Crippen LogP contribution is -1.94. The third-order valence-electron chi connectivity index (χ3n) is 2.18. The van der Waals surface area contributed by atoms with E-state index >= 15 is 0 Å². The fourth-order valence-corrected chi connectivity index (χ4v) is 1.37. The van der Waals surface area contributed by atoms with Crippen molar-refractivity contribution in [2.24, 2.45) is 0 Å².